The number of rotatable bonds is 3. The molecule has 4 rings (SSSR count). The van der Waals surface area contributed by atoms with E-state index in [1.165, 1.54) is 7.11 Å². The van der Waals surface area contributed by atoms with Crippen molar-refractivity contribution in [2.75, 3.05) is 39.8 Å². The van der Waals surface area contributed by atoms with Gasteiger partial charge < -0.3 is 29.2 Å². The molecule has 2 aliphatic heterocycles. The van der Waals surface area contributed by atoms with E-state index in [1.54, 1.807) is 37.3 Å². The number of hydrogen-bond donors (Lipinski definition) is 1. The summed E-state index contributed by atoms with van der Waals surface area (Å²) in [5.74, 6) is 2.03. The highest BCUT2D eigenvalue weighted by Gasteiger charge is 2.33. The Morgan fingerprint density at radius 1 is 1.11 bits per heavy atom. The molecule has 0 fully saturated rings. The van der Waals surface area contributed by atoms with Gasteiger partial charge in [0.15, 0.2) is 23.0 Å². The number of carbonyl (C=O) groups is 1. The highest BCUT2D eigenvalue weighted by molar-refractivity contribution is 6.32. The quantitative estimate of drug-likeness (QED) is 0.840. The van der Waals surface area contributed by atoms with Crippen LogP contribution in [-0.4, -0.2) is 45.3 Å². The number of anilines is 1. The molecule has 0 radical (unpaired) electrons. The van der Waals surface area contributed by atoms with Crippen LogP contribution in [0.4, 0.5) is 5.69 Å². The number of nitrogens with zero attached hydrogens (tertiary/aromatic N) is 1. The van der Waals surface area contributed by atoms with Crippen molar-refractivity contribution in [1.82, 2.24) is 4.90 Å². The van der Waals surface area contributed by atoms with Crippen LogP contribution in [-0.2, 0) is 0 Å². The van der Waals surface area contributed by atoms with E-state index < -0.39 is 6.17 Å². The molecule has 2 aliphatic rings. The van der Waals surface area contributed by atoms with Crippen molar-refractivity contribution >= 4 is 23.2 Å². The molecule has 0 saturated carbocycles. The second-order valence-corrected chi connectivity index (χ2v) is 7.00. The molecule has 7 nitrogen and oxygen atoms in total. The standard InChI is InChI=1S/C20H21ClN2O5/c1-23-19(11-7-13(21)18-17(8-11)27-5-4-6-28-18)22-14-10-16(26-3)15(25-2)9-12(14)20(23)24/h7-10,19,22H,4-6H2,1-3H3/t19-/m0/s1. The summed E-state index contributed by atoms with van der Waals surface area (Å²) in [7, 11) is 4.83. The molecule has 2 aromatic rings. The molecule has 0 spiro atoms. The van der Waals surface area contributed by atoms with Crippen LogP contribution in [0.15, 0.2) is 24.3 Å². The lowest BCUT2D eigenvalue weighted by Gasteiger charge is -2.36. The number of amides is 1. The summed E-state index contributed by atoms with van der Waals surface area (Å²) in [4.78, 5) is 14.6. The van der Waals surface area contributed by atoms with Crippen LogP contribution >= 0.6 is 11.6 Å². The van der Waals surface area contributed by atoms with Crippen molar-refractivity contribution in [2.24, 2.45) is 0 Å². The van der Waals surface area contributed by atoms with E-state index >= 15 is 0 Å². The Labute approximate surface area is 168 Å². The van der Waals surface area contributed by atoms with Crippen molar-refractivity contribution in [3.63, 3.8) is 0 Å². The summed E-state index contributed by atoms with van der Waals surface area (Å²) in [5.41, 5.74) is 1.97. The van der Waals surface area contributed by atoms with Crippen LogP contribution in [0.2, 0.25) is 5.02 Å². The number of hydrogen-bond acceptors (Lipinski definition) is 6. The van der Waals surface area contributed by atoms with Gasteiger partial charge in [0.05, 0.1) is 43.7 Å². The average Bonchev–Trinajstić information content (AvgIpc) is 2.95. The predicted molar refractivity (Wildman–Crippen MR) is 105 cm³/mol. The van der Waals surface area contributed by atoms with Gasteiger partial charge in [-0.3, -0.25) is 4.79 Å². The maximum absolute atomic E-state index is 13.0. The molecule has 0 aromatic heterocycles. The topological polar surface area (TPSA) is 69.3 Å². The molecular formula is C20H21ClN2O5. The minimum absolute atomic E-state index is 0.136. The fraction of sp³-hybridized carbons (Fsp3) is 0.350. The molecule has 2 aromatic carbocycles. The first-order chi connectivity index (χ1) is 13.5. The van der Waals surface area contributed by atoms with Crippen molar-refractivity contribution in [3.8, 4) is 23.0 Å². The average molecular weight is 405 g/mol. The molecule has 1 amide bonds. The monoisotopic (exact) mass is 404 g/mol. The van der Waals surface area contributed by atoms with Gasteiger partial charge in [-0.15, -0.1) is 0 Å². The van der Waals surface area contributed by atoms with E-state index in [4.69, 9.17) is 30.5 Å². The van der Waals surface area contributed by atoms with E-state index in [-0.39, 0.29) is 5.91 Å². The molecule has 1 N–H and O–H groups in total. The number of methoxy groups -OCH3 is 2. The van der Waals surface area contributed by atoms with E-state index in [1.807, 2.05) is 6.07 Å². The van der Waals surface area contributed by atoms with Crippen LogP contribution in [0, 0.1) is 0 Å². The third kappa shape index (κ3) is 3.05. The first-order valence-corrected chi connectivity index (χ1v) is 9.30. The summed E-state index contributed by atoms with van der Waals surface area (Å²) < 4.78 is 22.2. The van der Waals surface area contributed by atoms with Crippen LogP contribution in [0.25, 0.3) is 0 Å². The maximum atomic E-state index is 13.0. The lowest BCUT2D eigenvalue weighted by atomic mass is 10.0. The number of carbonyl (C=O) groups excluding carboxylic acids is 1. The molecule has 0 saturated heterocycles. The van der Waals surface area contributed by atoms with E-state index in [2.05, 4.69) is 5.32 Å². The lowest BCUT2D eigenvalue weighted by molar-refractivity contribution is 0.0734. The molecule has 28 heavy (non-hydrogen) atoms. The Bertz CT molecular complexity index is 933. The third-order valence-corrected chi connectivity index (χ3v) is 5.17. The Kier molecular flexibility index (Phi) is 4.85. The van der Waals surface area contributed by atoms with Gasteiger partial charge in [-0.05, 0) is 18.2 Å². The third-order valence-electron chi connectivity index (χ3n) is 4.89. The number of nitrogens with one attached hydrogen (secondary N) is 1. The maximum Gasteiger partial charge on any atom is 0.257 e. The summed E-state index contributed by atoms with van der Waals surface area (Å²) in [6.07, 6.45) is 0.364. The van der Waals surface area contributed by atoms with Gasteiger partial charge in [0.2, 0.25) is 0 Å². The van der Waals surface area contributed by atoms with Crippen LogP contribution < -0.4 is 24.3 Å². The Morgan fingerprint density at radius 2 is 1.82 bits per heavy atom. The molecular weight excluding hydrogens is 384 g/mol. The molecule has 0 bridgehead atoms. The van der Waals surface area contributed by atoms with Crippen LogP contribution in [0.5, 0.6) is 23.0 Å². The second kappa shape index (κ2) is 7.31. The van der Waals surface area contributed by atoms with Gasteiger partial charge in [-0.25, -0.2) is 0 Å². The van der Waals surface area contributed by atoms with Gasteiger partial charge in [-0.2, -0.15) is 0 Å². The molecule has 148 valence electrons. The summed E-state index contributed by atoms with van der Waals surface area (Å²) in [5, 5.41) is 3.84. The van der Waals surface area contributed by atoms with Crippen LogP contribution in [0.3, 0.4) is 0 Å². The molecule has 1 atom stereocenters. The minimum Gasteiger partial charge on any atom is -0.493 e. The minimum atomic E-state index is -0.423. The van der Waals surface area contributed by atoms with Gasteiger partial charge in [0.25, 0.3) is 5.91 Å². The van der Waals surface area contributed by atoms with Crippen molar-refractivity contribution in [1.29, 1.82) is 0 Å². The fourth-order valence-corrected chi connectivity index (χ4v) is 3.72. The van der Waals surface area contributed by atoms with Gasteiger partial charge in [0.1, 0.15) is 6.17 Å². The molecule has 0 unspecified atom stereocenters. The normalized spacial score (nSPS) is 18.1. The Morgan fingerprint density at radius 3 is 2.57 bits per heavy atom. The van der Waals surface area contributed by atoms with Crippen LogP contribution in [0.1, 0.15) is 28.5 Å². The largest absolute Gasteiger partial charge is 0.493 e. The Hall–Kier alpha value is -2.80. The lowest BCUT2D eigenvalue weighted by Crippen LogP contribution is -2.40. The SMILES string of the molecule is COc1cc2c(cc1OC)C(=O)N(C)[C@@H](c1cc(Cl)c3c(c1)OCCCO3)N2. The van der Waals surface area contributed by atoms with Gasteiger partial charge >= 0.3 is 0 Å². The van der Waals surface area contributed by atoms with E-state index in [0.717, 1.165) is 12.0 Å². The first-order valence-electron chi connectivity index (χ1n) is 8.92. The molecule has 0 aliphatic carbocycles. The van der Waals surface area contributed by atoms with Gasteiger partial charge in [-0.1, -0.05) is 11.6 Å². The predicted octanol–water partition coefficient (Wildman–Crippen LogP) is 3.71. The summed E-state index contributed by atoms with van der Waals surface area (Å²) >= 11 is 6.44. The Balaban J connectivity index is 1.75. The zero-order valence-corrected chi connectivity index (χ0v) is 16.6. The number of fused-ring (bicyclic) bond motifs is 2. The van der Waals surface area contributed by atoms with E-state index in [9.17, 15) is 4.79 Å². The van der Waals surface area contributed by atoms with E-state index in [0.29, 0.717) is 52.5 Å². The zero-order valence-electron chi connectivity index (χ0n) is 15.9. The fourth-order valence-electron chi connectivity index (χ4n) is 3.44. The number of halogens is 1. The zero-order chi connectivity index (χ0) is 19.8. The second-order valence-electron chi connectivity index (χ2n) is 6.60. The molecule has 8 heteroatoms. The van der Waals surface area contributed by atoms with Gasteiger partial charge in [0, 0.05) is 25.1 Å². The van der Waals surface area contributed by atoms with Crippen molar-refractivity contribution in [3.05, 3.63) is 40.4 Å². The highest BCUT2D eigenvalue weighted by atomic mass is 35.5. The van der Waals surface area contributed by atoms with Crippen molar-refractivity contribution < 1.29 is 23.7 Å². The smallest absolute Gasteiger partial charge is 0.257 e. The number of benzene rings is 2. The summed E-state index contributed by atoms with van der Waals surface area (Å²) in [6, 6.07) is 7.09. The molecule has 2 heterocycles. The first kappa shape index (κ1) is 18.6. The number of ether oxygens (including phenoxy) is 4. The van der Waals surface area contributed by atoms with Crippen molar-refractivity contribution in [2.45, 2.75) is 12.6 Å². The highest BCUT2D eigenvalue weighted by Crippen LogP contribution is 2.43. The summed E-state index contributed by atoms with van der Waals surface area (Å²) in [6.45, 7) is 1.11.